The van der Waals surface area contributed by atoms with Crippen molar-refractivity contribution in [3.8, 4) is 5.75 Å². The lowest BCUT2D eigenvalue weighted by molar-refractivity contribution is -0.118. The minimum atomic E-state index is -0.356. The van der Waals surface area contributed by atoms with Crippen molar-refractivity contribution >= 4 is 21.8 Å². The van der Waals surface area contributed by atoms with Crippen LogP contribution in [0.4, 0.5) is 0 Å². The Bertz CT molecular complexity index is 422. The number of hydrogen-bond donors (Lipinski definition) is 2. The van der Waals surface area contributed by atoms with E-state index >= 15 is 0 Å². The minimum absolute atomic E-state index is 0.226. The predicted octanol–water partition coefficient (Wildman–Crippen LogP) is 2.45. The fourth-order valence-electron chi connectivity index (χ4n) is 1.54. The zero-order valence-corrected chi connectivity index (χ0v) is 13.0. The van der Waals surface area contributed by atoms with Crippen LogP contribution in [0.2, 0.25) is 0 Å². The van der Waals surface area contributed by atoms with E-state index in [9.17, 15) is 4.79 Å². The molecule has 0 bridgehead atoms. The highest BCUT2D eigenvalue weighted by Crippen LogP contribution is 2.26. The number of carbonyl (C=O) groups is 1. The number of hydrogen-bond acceptors (Lipinski definition) is 3. The molecule has 1 amide bonds. The van der Waals surface area contributed by atoms with E-state index in [4.69, 9.17) is 10.5 Å². The van der Waals surface area contributed by atoms with Gasteiger partial charge in [-0.3, -0.25) is 4.79 Å². The number of benzene rings is 1. The van der Waals surface area contributed by atoms with Crippen molar-refractivity contribution < 1.29 is 9.53 Å². The molecule has 1 aromatic rings. The number of halogens is 1. The number of carbonyl (C=O) groups excluding carboxylic acids is 1. The van der Waals surface area contributed by atoms with Crippen LogP contribution in [-0.2, 0) is 11.3 Å². The Morgan fingerprint density at radius 3 is 2.79 bits per heavy atom. The third-order valence-corrected chi connectivity index (χ3v) is 3.10. The highest BCUT2D eigenvalue weighted by molar-refractivity contribution is 9.10. The monoisotopic (exact) mass is 328 g/mol. The number of amides is 1. The molecule has 0 saturated heterocycles. The summed E-state index contributed by atoms with van der Waals surface area (Å²) in [5.41, 5.74) is 6.25. The van der Waals surface area contributed by atoms with E-state index in [0.717, 1.165) is 23.3 Å². The fourth-order valence-corrected chi connectivity index (χ4v) is 2.08. The number of nitrogens with two attached hydrogens (primary N) is 1. The second-order valence-electron chi connectivity index (χ2n) is 4.85. The van der Waals surface area contributed by atoms with Crippen LogP contribution in [-0.4, -0.2) is 19.1 Å². The standard InChI is InChI=1S/C14H21BrN2O2/c1-10(2)8-17-9-11-3-4-13(12(15)7-11)19-6-5-14(16)18/h3-4,7,10,17H,5-6,8-9H2,1-2H3,(H2,16,18). The van der Waals surface area contributed by atoms with Gasteiger partial charge < -0.3 is 15.8 Å². The summed E-state index contributed by atoms with van der Waals surface area (Å²) in [6.45, 7) is 6.49. The fraction of sp³-hybridized carbons (Fsp3) is 0.500. The third-order valence-electron chi connectivity index (χ3n) is 2.48. The SMILES string of the molecule is CC(C)CNCc1ccc(OCCC(N)=O)c(Br)c1. The zero-order valence-electron chi connectivity index (χ0n) is 11.4. The average Bonchev–Trinajstić information content (AvgIpc) is 2.31. The van der Waals surface area contributed by atoms with Crippen molar-refractivity contribution in [2.75, 3.05) is 13.2 Å². The molecule has 3 N–H and O–H groups in total. The highest BCUT2D eigenvalue weighted by atomic mass is 79.9. The molecule has 5 heteroatoms. The maximum Gasteiger partial charge on any atom is 0.220 e. The lowest BCUT2D eigenvalue weighted by Crippen LogP contribution is -2.19. The largest absolute Gasteiger partial charge is 0.492 e. The van der Waals surface area contributed by atoms with Gasteiger partial charge in [-0.25, -0.2) is 0 Å². The van der Waals surface area contributed by atoms with Gasteiger partial charge in [-0.1, -0.05) is 19.9 Å². The van der Waals surface area contributed by atoms with Gasteiger partial charge in [0.2, 0.25) is 5.91 Å². The Morgan fingerprint density at radius 1 is 1.47 bits per heavy atom. The highest BCUT2D eigenvalue weighted by Gasteiger charge is 2.04. The molecule has 0 aliphatic heterocycles. The lowest BCUT2D eigenvalue weighted by Gasteiger charge is -2.10. The Labute approximate surface area is 122 Å². The van der Waals surface area contributed by atoms with Crippen LogP contribution in [0.15, 0.2) is 22.7 Å². The van der Waals surface area contributed by atoms with Crippen LogP contribution in [0.5, 0.6) is 5.75 Å². The first-order chi connectivity index (χ1) is 8.99. The maximum absolute atomic E-state index is 10.6. The normalized spacial score (nSPS) is 10.7. The summed E-state index contributed by atoms with van der Waals surface area (Å²) in [5.74, 6) is 1.01. The summed E-state index contributed by atoms with van der Waals surface area (Å²) in [6, 6.07) is 5.93. The number of ether oxygens (including phenoxy) is 1. The first-order valence-corrected chi connectivity index (χ1v) is 7.18. The predicted molar refractivity (Wildman–Crippen MR) is 80.0 cm³/mol. The molecule has 0 aliphatic carbocycles. The van der Waals surface area contributed by atoms with E-state index in [-0.39, 0.29) is 12.3 Å². The van der Waals surface area contributed by atoms with Crippen LogP contribution in [0.1, 0.15) is 25.8 Å². The quantitative estimate of drug-likeness (QED) is 0.770. The topological polar surface area (TPSA) is 64.3 Å². The van der Waals surface area contributed by atoms with E-state index < -0.39 is 0 Å². The average molecular weight is 329 g/mol. The molecule has 4 nitrogen and oxygen atoms in total. The van der Waals surface area contributed by atoms with E-state index in [0.29, 0.717) is 12.5 Å². The Balaban J connectivity index is 2.47. The van der Waals surface area contributed by atoms with E-state index in [1.54, 1.807) is 0 Å². The van der Waals surface area contributed by atoms with Crippen molar-refractivity contribution in [2.45, 2.75) is 26.8 Å². The minimum Gasteiger partial charge on any atom is -0.492 e. The molecule has 106 valence electrons. The van der Waals surface area contributed by atoms with Gasteiger partial charge in [0.05, 0.1) is 17.5 Å². The van der Waals surface area contributed by atoms with Crippen molar-refractivity contribution in [3.63, 3.8) is 0 Å². The molecule has 0 unspecified atom stereocenters. The summed E-state index contributed by atoms with van der Waals surface area (Å²) in [6.07, 6.45) is 0.226. The van der Waals surface area contributed by atoms with Crippen molar-refractivity contribution in [1.82, 2.24) is 5.32 Å². The second kappa shape index (κ2) is 8.17. The van der Waals surface area contributed by atoms with Gasteiger partial charge in [-0.2, -0.15) is 0 Å². The van der Waals surface area contributed by atoms with Gasteiger partial charge in [0, 0.05) is 6.54 Å². The first kappa shape index (κ1) is 16.0. The molecule has 1 aromatic carbocycles. The van der Waals surface area contributed by atoms with Crippen molar-refractivity contribution in [2.24, 2.45) is 11.7 Å². The molecular formula is C14H21BrN2O2. The zero-order chi connectivity index (χ0) is 14.3. The van der Waals surface area contributed by atoms with E-state index in [1.807, 2.05) is 18.2 Å². The summed E-state index contributed by atoms with van der Waals surface area (Å²) >= 11 is 3.47. The lowest BCUT2D eigenvalue weighted by atomic mass is 10.2. The number of nitrogens with one attached hydrogen (secondary N) is 1. The summed E-state index contributed by atoms with van der Waals surface area (Å²) in [4.78, 5) is 10.6. The molecule has 0 aromatic heterocycles. The van der Waals surface area contributed by atoms with Crippen molar-refractivity contribution in [3.05, 3.63) is 28.2 Å². The van der Waals surface area contributed by atoms with Crippen LogP contribution in [0, 0.1) is 5.92 Å². The number of primary amides is 1. The van der Waals surface area contributed by atoms with Crippen LogP contribution in [0.3, 0.4) is 0 Å². The van der Waals surface area contributed by atoms with Crippen LogP contribution in [0.25, 0.3) is 0 Å². The van der Waals surface area contributed by atoms with E-state index in [1.165, 1.54) is 5.56 Å². The second-order valence-corrected chi connectivity index (χ2v) is 5.71. The Hall–Kier alpha value is -1.07. The molecule has 0 atom stereocenters. The number of rotatable bonds is 8. The van der Waals surface area contributed by atoms with Crippen molar-refractivity contribution in [1.29, 1.82) is 0 Å². The van der Waals surface area contributed by atoms with Gasteiger partial charge in [0.25, 0.3) is 0 Å². The Kier molecular flexibility index (Phi) is 6.87. The molecule has 19 heavy (non-hydrogen) atoms. The van der Waals surface area contributed by atoms with Gasteiger partial charge in [-0.15, -0.1) is 0 Å². The summed E-state index contributed by atoms with van der Waals surface area (Å²) in [7, 11) is 0. The van der Waals surface area contributed by atoms with Crippen LogP contribution < -0.4 is 15.8 Å². The van der Waals surface area contributed by atoms with Gasteiger partial charge in [-0.05, 0) is 46.1 Å². The molecule has 0 spiro atoms. The third kappa shape index (κ3) is 6.59. The molecule has 0 fully saturated rings. The molecule has 0 saturated carbocycles. The van der Waals surface area contributed by atoms with Crippen LogP contribution >= 0.6 is 15.9 Å². The van der Waals surface area contributed by atoms with E-state index in [2.05, 4.69) is 35.1 Å². The molecular weight excluding hydrogens is 308 g/mol. The van der Waals surface area contributed by atoms with Gasteiger partial charge >= 0.3 is 0 Å². The Morgan fingerprint density at radius 2 is 2.21 bits per heavy atom. The molecule has 0 radical (unpaired) electrons. The molecule has 0 heterocycles. The summed E-state index contributed by atoms with van der Waals surface area (Å²) < 4.78 is 6.37. The smallest absolute Gasteiger partial charge is 0.220 e. The molecule has 1 rings (SSSR count). The van der Waals surface area contributed by atoms with Gasteiger partial charge in [0.1, 0.15) is 5.75 Å². The maximum atomic E-state index is 10.6. The molecule has 0 aliphatic rings. The first-order valence-electron chi connectivity index (χ1n) is 6.39. The van der Waals surface area contributed by atoms with Gasteiger partial charge in [0.15, 0.2) is 0 Å². The summed E-state index contributed by atoms with van der Waals surface area (Å²) in [5, 5.41) is 3.38.